The van der Waals surface area contributed by atoms with Gasteiger partial charge in [0, 0.05) is 51.9 Å². The van der Waals surface area contributed by atoms with Gasteiger partial charge in [-0.2, -0.15) is 0 Å². The Bertz CT molecular complexity index is 779. The van der Waals surface area contributed by atoms with E-state index in [2.05, 4.69) is 83.8 Å². The average molecular weight is 378 g/mol. The van der Waals surface area contributed by atoms with Gasteiger partial charge in [-0.05, 0) is 42.0 Å². The number of hydrogen-bond donors (Lipinski definition) is 1. The Morgan fingerprint density at radius 3 is 2.25 bits per heavy atom. The number of carbonyl (C=O) groups is 1. The van der Waals surface area contributed by atoms with Crippen LogP contribution in [0.3, 0.4) is 0 Å². The molecule has 2 aliphatic heterocycles. The van der Waals surface area contributed by atoms with E-state index in [9.17, 15) is 4.79 Å². The van der Waals surface area contributed by atoms with Gasteiger partial charge in [-0.3, -0.25) is 4.79 Å². The largest absolute Gasteiger partial charge is 0.378 e. The standard InChI is InChI=1S/C24H31N3O/c1-26(2)21-10-8-20(9-11-21)22-16-25-17-23(22)24(28)27-14-12-19(13-15-27)18-6-4-3-5-7-18/h3-11,19,22-23,25H,12-17H2,1-2H3/t22-,23+/m0/s1. The Labute approximate surface area is 168 Å². The first-order valence-electron chi connectivity index (χ1n) is 10.4. The third-order valence-electron chi connectivity index (χ3n) is 6.45. The van der Waals surface area contributed by atoms with E-state index >= 15 is 0 Å². The first-order chi connectivity index (χ1) is 13.6. The first-order valence-corrected chi connectivity index (χ1v) is 10.4. The molecule has 0 aromatic heterocycles. The second-order valence-corrected chi connectivity index (χ2v) is 8.37. The molecule has 0 aliphatic carbocycles. The van der Waals surface area contributed by atoms with Crippen molar-refractivity contribution < 1.29 is 4.79 Å². The van der Waals surface area contributed by atoms with Crippen LogP contribution in [0.15, 0.2) is 54.6 Å². The zero-order chi connectivity index (χ0) is 19.5. The molecule has 28 heavy (non-hydrogen) atoms. The lowest BCUT2D eigenvalue weighted by Crippen LogP contribution is -2.43. The van der Waals surface area contributed by atoms with Crippen LogP contribution in [0.5, 0.6) is 0 Å². The van der Waals surface area contributed by atoms with Crippen molar-refractivity contribution in [1.82, 2.24) is 10.2 Å². The molecule has 2 aromatic rings. The van der Waals surface area contributed by atoms with Crippen molar-refractivity contribution in [1.29, 1.82) is 0 Å². The van der Waals surface area contributed by atoms with Crippen molar-refractivity contribution in [3.05, 3.63) is 65.7 Å². The van der Waals surface area contributed by atoms with Gasteiger partial charge in [-0.15, -0.1) is 0 Å². The molecule has 2 heterocycles. The van der Waals surface area contributed by atoms with E-state index in [0.29, 0.717) is 11.8 Å². The van der Waals surface area contributed by atoms with Crippen LogP contribution in [-0.4, -0.2) is 51.1 Å². The van der Waals surface area contributed by atoms with Gasteiger partial charge in [0.05, 0.1) is 5.92 Å². The zero-order valence-corrected chi connectivity index (χ0v) is 17.0. The Morgan fingerprint density at radius 2 is 1.61 bits per heavy atom. The number of benzene rings is 2. The molecule has 4 rings (SSSR count). The maximum Gasteiger partial charge on any atom is 0.227 e. The summed E-state index contributed by atoms with van der Waals surface area (Å²) in [6, 6.07) is 19.4. The third kappa shape index (κ3) is 3.93. The van der Waals surface area contributed by atoms with Crippen LogP contribution >= 0.6 is 0 Å². The molecule has 1 N–H and O–H groups in total. The summed E-state index contributed by atoms with van der Waals surface area (Å²) < 4.78 is 0. The van der Waals surface area contributed by atoms with Gasteiger partial charge in [0.2, 0.25) is 5.91 Å². The van der Waals surface area contributed by atoms with Crippen molar-refractivity contribution in [2.45, 2.75) is 24.7 Å². The SMILES string of the molecule is CN(C)c1ccc([C@@H]2CNC[C@H]2C(=O)N2CCC(c3ccccc3)CC2)cc1. The molecule has 148 valence electrons. The highest BCUT2D eigenvalue weighted by molar-refractivity contribution is 5.81. The maximum absolute atomic E-state index is 13.3. The van der Waals surface area contributed by atoms with Gasteiger partial charge in [0.1, 0.15) is 0 Å². The van der Waals surface area contributed by atoms with Gasteiger partial charge in [0.15, 0.2) is 0 Å². The molecule has 2 aliphatic rings. The lowest BCUT2D eigenvalue weighted by molar-refractivity contribution is -0.136. The van der Waals surface area contributed by atoms with Gasteiger partial charge in [-0.1, -0.05) is 42.5 Å². The normalized spacial score (nSPS) is 23.0. The minimum Gasteiger partial charge on any atom is -0.378 e. The number of anilines is 1. The van der Waals surface area contributed by atoms with E-state index in [1.807, 2.05) is 0 Å². The van der Waals surface area contributed by atoms with Crippen LogP contribution in [0.25, 0.3) is 0 Å². The highest BCUT2D eigenvalue weighted by atomic mass is 16.2. The molecular weight excluding hydrogens is 346 g/mol. The summed E-state index contributed by atoms with van der Waals surface area (Å²) >= 11 is 0. The number of rotatable bonds is 4. The van der Waals surface area contributed by atoms with Crippen LogP contribution in [0.1, 0.15) is 35.8 Å². The lowest BCUT2D eigenvalue weighted by atomic mass is 9.85. The Morgan fingerprint density at radius 1 is 0.929 bits per heavy atom. The number of amides is 1. The minimum absolute atomic E-state index is 0.0541. The van der Waals surface area contributed by atoms with E-state index in [4.69, 9.17) is 0 Å². The van der Waals surface area contributed by atoms with Gasteiger partial charge in [-0.25, -0.2) is 0 Å². The summed E-state index contributed by atoms with van der Waals surface area (Å²) in [7, 11) is 4.11. The molecule has 4 nitrogen and oxygen atoms in total. The number of likely N-dealkylation sites (tertiary alicyclic amines) is 1. The number of hydrogen-bond acceptors (Lipinski definition) is 3. The molecule has 0 saturated carbocycles. The fraction of sp³-hybridized carbons (Fsp3) is 0.458. The Balaban J connectivity index is 1.40. The van der Waals surface area contributed by atoms with Crippen LogP contribution in [0.2, 0.25) is 0 Å². The van der Waals surface area contributed by atoms with Crippen LogP contribution in [0, 0.1) is 5.92 Å². The van der Waals surface area contributed by atoms with Gasteiger partial charge < -0.3 is 15.1 Å². The molecule has 2 aromatic carbocycles. The molecule has 0 unspecified atom stereocenters. The molecule has 0 spiro atoms. The summed E-state index contributed by atoms with van der Waals surface area (Å²) in [6.07, 6.45) is 2.14. The fourth-order valence-electron chi connectivity index (χ4n) is 4.70. The summed E-state index contributed by atoms with van der Waals surface area (Å²) in [5.41, 5.74) is 3.88. The number of nitrogens with zero attached hydrogens (tertiary/aromatic N) is 2. The smallest absolute Gasteiger partial charge is 0.227 e. The minimum atomic E-state index is 0.0541. The molecule has 4 heteroatoms. The van der Waals surface area contributed by atoms with Crippen LogP contribution in [-0.2, 0) is 4.79 Å². The fourth-order valence-corrected chi connectivity index (χ4v) is 4.70. The monoisotopic (exact) mass is 377 g/mol. The third-order valence-corrected chi connectivity index (χ3v) is 6.45. The van der Waals surface area contributed by atoms with Crippen molar-refractivity contribution in [2.75, 3.05) is 45.2 Å². The van der Waals surface area contributed by atoms with Crippen molar-refractivity contribution in [3.8, 4) is 0 Å². The lowest BCUT2D eigenvalue weighted by Gasteiger charge is -2.35. The maximum atomic E-state index is 13.3. The molecular formula is C24H31N3O. The molecule has 0 bridgehead atoms. The Kier molecular flexibility index (Phi) is 5.67. The summed E-state index contributed by atoms with van der Waals surface area (Å²) in [5.74, 6) is 1.24. The first kappa shape index (κ1) is 19.0. The quantitative estimate of drug-likeness (QED) is 0.886. The summed E-state index contributed by atoms with van der Waals surface area (Å²) in [4.78, 5) is 17.5. The molecule has 2 saturated heterocycles. The van der Waals surface area contributed by atoms with Crippen molar-refractivity contribution in [3.63, 3.8) is 0 Å². The number of carbonyl (C=O) groups excluding carboxylic acids is 1. The second kappa shape index (κ2) is 8.36. The number of piperidine rings is 1. The second-order valence-electron chi connectivity index (χ2n) is 8.37. The summed E-state index contributed by atoms with van der Waals surface area (Å²) in [6.45, 7) is 3.43. The van der Waals surface area contributed by atoms with E-state index in [1.54, 1.807) is 0 Å². The molecule has 0 radical (unpaired) electrons. The highest BCUT2D eigenvalue weighted by Crippen LogP contribution is 2.33. The summed E-state index contributed by atoms with van der Waals surface area (Å²) in [5, 5.41) is 3.45. The molecule has 2 atom stereocenters. The highest BCUT2D eigenvalue weighted by Gasteiger charge is 2.37. The molecule has 1 amide bonds. The van der Waals surface area contributed by atoms with Gasteiger partial charge in [0.25, 0.3) is 0 Å². The van der Waals surface area contributed by atoms with Crippen LogP contribution in [0.4, 0.5) is 5.69 Å². The predicted octanol–water partition coefficient (Wildman–Crippen LogP) is 3.46. The zero-order valence-electron chi connectivity index (χ0n) is 17.0. The van der Waals surface area contributed by atoms with E-state index in [1.165, 1.54) is 16.8 Å². The van der Waals surface area contributed by atoms with Crippen LogP contribution < -0.4 is 10.2 Å². The average Bonchev–Trinajstić information content (AvgIpc) is 3.24. The van der Waals surface area contributed by atoms with Crippen molar-refractivity contribution in [2.24, 2.45) is 5.92 Å². The van der Waals surface area contributed by atoms with E-state index in [0.717, 1.165) is 39.0 Å². The Hall–Kier alpha value is -2.33. The van der Waals surface area contributed by atoms with E-state index in [-0.39, 0.29) is 11.8 Å². The van der Waals surface area contributed by atoms with Crippen molar-refractivity contribution >= 4 is 11.6 Å². The van der Waals surface area contributed by atoms with Gasteiger partial charge >= 0.3 is 0 Å². The topological polar surface area (TPSA) is 35.6 Å². The predicted molar refractivity (Wildman–Crippen MR) is 115 cm³/mol. The number of nitrogens with one attached hydrogen (secondary N) is 1. The molecule has 2 fully saturated rings. The van der Waals surface area contributed by atoms with E-state index < -0.39 is 0 Å².